The largest absolute Gasteiger partial charge is 0.478 e. The van der Waals surface area contributed by atoms with Crippen LogP contribution in [-0.2, 0) is 17.6 Å². The molecule has 2 aromatic rings. The Bertz CT molecular complexity index is 588. The van der Waals surface area contributed by atoms with E-state index in [4.69, 9.17) is 5.11 Å². The second-order valence-corrected chi connectivity index (χ2v) is 5.10. The number of thioether (sulfide) groups is 1. The fourth-order valence-corrected chi connectivity index (χ4v) is 2.41. The molecular weight excluding hydrogens is 260 g/mol. The van der Waals surface area contributed by atoms with E-state index in [1.54, 1.807) is 22.5 Å². The summed E-state index contributed by atoms with van der Waals surface area (Å²) >= 11 is 1.72. The molecule has 0 aliphatic rings. The number of rotatable bonds is 5. The lowest BCUT2D eigenvalue weighted by Gasteiger charge is -2.00. The van der Waals surface area contributed by atoms with E-state index in [1.165, 1.54) is 5.56 Å². The van der Waals surface area contributed by atoms with Crippen LogP contribution in [0.5, 0.6) is 0 Å². The lowest BCUT2D eigenvalue weighted by Crippen LogP contribution is -1.86. The molecule has 0 radical (unpaired) electrons. The molecule has 0 atom stereocenters. The topological polar surface area (TPSA) is 55.1 Å². The minimum Gasteiger partial charge on any atom is -0.478 e. The van der Waals surface area contributed by atoms with Crippen LogP contribution in [0.2, 0.25) is 0 Å². The van der Waals surface area contributed by atoms with Crippen molar-refractivity contribution in [2.45, 2.75) is 10.6 Å². The minimum absolute atomic E-state index is 0.870. The summed E-state index contributed by atoms with van der Waals surface area (Å²) in [6.07, 6.45) is 6.54. The molecule has 1 aromatic carbocycles. The van der Waals surface area contributed by atoms with Crippen molar-refractivity contribution >= 4 is 23.8 Å². The maximum Gasteiger partial charge on any atom is 0.328 e. The van der Waals surface area contributed by atoms with Gasteiger partial charge >= 0.3 is 5.97 Å². The number of hydrogen-bond acceptors (Lipinski definition) is 3. The lowest BCUT2D eigenvalue weighted by atomic mass is 10.1. The van der Waals surface area contributed by atoms with Gasteiger partial charge in [-0.05, 0) is 17.2 Å². The number of benzene rings is 1. The van der Waals surface area contributed by atoms with Crippen molar-refractivity contribution in [3.8, 4) is 0 Å². The van der Waals surface area contributed by atoms with Crippen LogP contribution in [0.3, 0.4) is 0 Å². The molecule has 19 heavy (non-hydrogen) atoms. The van der Waals surface area contributed by atoms with Gasteiger partial charge in [0.2, 0.25) is 0 Å². The van der Waals surface area contributed by atoms with Gasteiger partial charge in [-0.15, -0.1) is 11.8 Å². The predicted octanol–water partition coefficient (Wildman–Crippen LogP) is 2.81. The molecule has 1 aromatic heterocycles. The molecule has 0 amide bonds. The Morgan fingerprint density at radius 2 is 2.16 bits per heavy atom. The fourth-order valence-electron chi connectivity index (χ4n) is 1.53. The van der Waals surface area contributed by atoms with Crippen molar-refractivity contribution in [3.05, 3.63) is 53.9 Å². The van der Waals surface area contributed by atoms with Crippen LogP contribution in [0.15, 0.2) is 47.6 Å². The van der Waals surface area contributed by atoms with Gasteiger partial charge in [-0.3, -0.25) is 4.68 Å². The molecule has 0 unspecified atom stereocenters. The number of carboxylic acids is 1. The van der Waals surface area contributed by atoms with Crippen molar-refractivity contribution in [1.82, 2.24) is 9.78 Å². The normalized spacial score (nSPS) is 11.0. The molecule has 0 aliphatic carbocycles. The highest BCUT2D eigenvalue weighted by atomic mass is 32.2. The smallest absolute Gasteiger partial charge is 0.328 e. The quantitative estimate of drug-likeness (QED) is 0.673. The zero-order valence-electron chi connectivity index (χ0n) is 10.5. The van der Waals surface area contributed by atoms with Gasteiger partial charge in [-0.25, -0.2) is 4.79 Å². The first-order valence-electron chi connectivity index (χ1n) is 5.75. The van der Waals surface area contributed by atoms with Gasteiger partial charge in [0.25, 0.3) is 0 Å². The Hall–Kier alpha value is -2.01. The molecule has 0 bridgehead atoms. The van der Waals surface area contributed by atoms with E-state index in [-0.39, 0.29) is 0 Å². The van der Waals surface area contributed by atoms with Gasteiger partial charge in [-0.2, -0.15) is 5.10 Å². The average molecular weight is 274 g/mol. The lowest BCUT2D eigenvalue weighted by molar-refractivity contribution is -0.131. The van der Waals surface area contributed by atoms with Crippen molar-refractivity contribution in [2.24, 2.45) is 7.05 Å². The Labute approximate surface area is 115 Å². The highest BCUT2D eigenvalue weighted by Crippen LogP contribution is 2.22. The van der Waals surface area contributed by atoms with E-state index in [1.807, 2.05) is 43.7 Å². The highest BCUT2D eigenvalue weighted by molar-refractivity contribution is 7.98. The number of carboxylic acid groups (broad SMARTS) is 1. The Kier molecular flexibility index (Phi) is 4.41. The van der Waals surface area contributed by atoms with Crippen LogP contribution in [0.4, 0.5) is 0 Å². The van der Waals surface area contributed by atoms with E-state index < -0.39 is 5.97 Å². The number of nitrogens with zero attached hydrogens (tertiary/aromatic N) is 2. The molecule has 0 saturated carbocycles. The van der Waals surface area contributed by atoms with Gasteiger partial charge < -0.3 is 5.11 Å². The fraction of sp³-hybridized carbons (Fsp3) is 0.143. The van der Waals surface area contributed by atoms with Crippen LogP contribution < -0.4 is 0 Å². The van der Waals surface area contributed by atoms with Crippen LogP contribution in [-0.4, -0.2) is 20.9 Å². The summed E-state index contributed by atoms with van der Waals surface area (Å²) in [5.41, 5.74) is 2.08. The van der Waals surface area contributed by atoms with E-state index >= 15 is 0 Å². The van der Waals surface area contributed by atoms with Gasteiger partial charge in [0.1, 0.15) is 0 Å². The predicted molar refractivity (Wildman–Crippen MR) is 75.9 cm³/mol. The van der Waals surface area contributed by atoms with Crippen molar-refractivity contribution in [1.29, 1.82) is 0 Å². The molecular formula is C14H14N2O2S. The summed E-state index contributed by atoms with van der Waals surface area (Å²) in [6.45, 7) is 0. The summed E-state index contributed by atoms with van der Waals surface area (Å²) < 4.78 is 1.78. The molecule has 0 spiro atoms. The maximum absolute atomic E-state index is 10.4. The number of aromatic nitrogens is 2. The molecule has 2 rings (SSSR count). The van der Waals surface area contributed by atoms with E-state index in [9.17, 15) is 4.79 Å². The standard InChI is InChI=1S/C14H14N2O2S/c1-16-9-13(8-15-16)19-10-12-4-2-11(3-5-12)6-7-14(17)18/h2-9H,10H2,1H3,(H,17,18). The zero-order chi connectivity index (χ0) is 13.7. The molecule has 0 saturated heterocycles. The first-order chi connectivity index (χ1) is 9.13. The van der Waals surface area contributed by atoms with E-state index in [0.29, 0.717) is 0 Å². The monoisotopic (exact) mass is 274 g/mol. The van der Waals surface area contributed by atoms with E-state index in [0.717, 1.165) is 22.3 Å². The van der Waals surface area contributed by atoms with Gasteiger partial charge in [0.15, 0.2) is 0 Å². The van der Waals surface area contributed by atoms with E-state index in [2.05, 4.69) is 5.10 Å². The average Bonchev–Trinajstić information content (AvgIpc) is 2.81. The number of aryl methyl sites for hydroxylation is 1. The van der Waals surface area contributed by atoms with Crippen LogP contribution in [0.25, 0.3) is 6.08 Å². The molecule has 1 N–H and O–H groups in total. The van der Waals surface area contributed by atoms with Crippen molar-refractivity contribution < 1.29 is 9.90 Å². The van der Waals surface area contributed by atoms with Crippen molar-refractivity contribution in [2.75, 3.05) is 0 Å². The summed E-state index contributed by atoms with van der Waals surface area (Å²) in [4.78, 5) is 11.5. The Morgan fingerprint density at radius 1 is 1.42 bits per heavy atom. The first-order valence-corrected chi connectivity index (χ1v) is 6.73. The zero-order valence-corrected chi connectivity index (χ0v) is 11.3. The molecule has 4 nitrogen and oxygen atoms in total. The molecule has 0 aliphatic heterocycles. The maximum atomic E-state index is 10.4. The second-order valence-electron chi connectivity index (χ2n) is 4.05. The number of aliphatic carboxylic acids is 1. The molecule has 5 heteroatoms. The number of hydrogen-bond donors (Lipinski definition) is 1. The Morgan fingerprint density at radius 3 is 2.74 bits per heavy atom. The van der Waals surface area contributed by atoms with Crippen LogP contribution >= 0.6 is 11.8 Å². The second kappa shape index (κ2) is 6.24. The third kappa shape index (κ3) is 4.30. The third-order valence-electron chi connectivity index (χ3n) is 2.48. The number of carbonyl (C=O) groups is 1. The summed E-state index contributed by atoms with van der Waals surface area (Å²) in [5, 5.41) is 12.7. The molecule has 1 heterocycles. The SMILES string of the molecule is Cn1cc(SCc2ccc(C=CC(=O)O)cc2)cn1. The van der Waals surface area contributed by atoms with Gasteiger partial charge in [0, 0.05) is 30.0 Å². The molecule has 0 fully saturated rings. The van der Waals surface area contributed by atoms with Crippen molar-refractivity contribution in [3.63, 3.8) is 0 Å². The first kappa shape index (κ1) is 13.4. The summed E-state index contributed by atoms with van der Waals surface area (Å²) in [5.74, 6) is -0.0644. The third-order valence-corrected chi connectivity index (χ3v) is 3.51. The summed E-state index contributed by atoms with van der Waals surface area (Å²) in [6, 6.07) is 7.84. The van der Waals surface area contributed by atoms with Gasteiger partial charge in [0.05, 0.1) is 6.20 Å². The molecule has 98 valence electrons. The highest BCUT2D eigenvalue weighted by Gasteiger charge is 1.99. The minimum atomic E-state index is -0.934. The summed E-state index contributed by atoms with van der Waals surface area (Å²) in [7, 11) is 1.90. The van der Waals surface area contributed by atoms with Crippen LogP contribution in [0, 0.1) is 0 Å². The Balaban J connectivity index is 1.93. The van der Waals surface area contributed by atoms with Gasteiger partial charge in [-0.1, -0.05) is 24.3 Å². The van der Waals surface area contributed by atoms with Crippen LogP contribution in [0.1, 0.15) is 11.1 Å².